The molecule has 0 spiro atoms. The second-order valence-corrected chi connectivity index (χ2v) is 4.60. The van der Waals surface area contributed by atoms with Crippen molar-refractivity contribution in [3.05, 3.63) is 48.0 Å². The third-order valence-electron chi connectivity index (χ3n) is 3.56. The van der Waals surface area contributed by atoms with Crippen LogP contribution in [0.2, 0.25) is 0 Å². The van der Waals surface area contributed by atoms with Gasteiger partial charge in [0.25, 0.3) is 0 Å². The molecule has 0 bridgehead atoms. The number of benzene rings is 1. The summed E-state index contributed by atoms with van der Waals surface area (Å²) in [5.74, 6) is -0.245. The van der Waals surface area contributed by atoms with Crippen molar-refractivity contribution >= 4 is 0 Å². The highest BCUT2D eigenvalue weighted by atomic mass is 19.1. The SMILES string of the molecule is NCC1(c2ccc(-n3cccn3)c(F)c2)CC1. The monoisotopic (exact) mass is 231 g/mol. The maximum absolute atomic E-state index is 14.0. The highest BCUT2D eigenvalue weighted by molar-refractivity contribution is 5.41. The van der Waals surface area contributed by atoms with Crippen LogP contribution in [0.1, 0.15) is 18.4 Å². The normalized spacial score (nSPS) is 17.1. The molecule has 1 aromatic carbocycles. The van der Waals surface area contributed by atoms with E-state index in [2.05, 4.69) is 5.10 Å². The Labute approximate surface area is 99.1 Å². The summed E-state index contributed by atoms with van der Waals surface area (Å²) in [7, 11) is 0. The van der Waals surface area contributed by atoms with E-state index < -0.39 is 0 Å². The third-order valence-corrected chi connectivity index (χ3v) is 3.56. The molecule has 0 atom stereocenters. The van der Waals surface area contributed by atoms with Gasteiger partial charge in [-0.3, -0.25) is 0 Å². The summed E-state index contributed by atoms with van der Waals surface area (Å²) in [5, 5.41) is 4.03. The molecule has 2 N–H and O–H groups in total. The minimum Gasteiger partial charge on any atom is -0.330 e. The fourth-order valence-corrected chi connectivity index (χ4v) is 2.20. The van der Waals surface area contributed by atoms with Crippen molar-refractivity contribution in [3.63, 3.8) is 0 Å². The zero-order valence-corrected chi connectivity index (χ0v) is 9.44. The molecular weight excluding hydrogens is 217 g/mol. The zero-order chi connectivity index (χ0) is 11.9. The van der Waals surface area contributed by atoms with Crippen LogP contribution in [0.4, 0.5) is 4.39 Å². The number of aromatic nitrogens is 2. The standard InChI is InChI=1S/C13H14FN3/c14-11-8-10(13(9-15)4-5-13)2-3-12(11)17-7-1-6-16-17/h1-3,6-8H,4-5,9,15H2. The lowest BCUT2D eigenvalue weighted by molar-refractivity contribution is 0.601. The predicted octanol–water partition coefficient (Wildman–Crippen LogP) is 2.00. The summed E-state index contributed by atoms with van der Waals surface area (Å²) in [5.41, 5.74) is 7.26. The second kappa shape index (κ2) is 3.67. The number of hydrogen-bond donors (Lipinski definition) is 1. The molecule has 0 amide bonds. The number of hydrogen-bond acceptors (Lipinski definition) is 2. The van der Waals surface area contributed by atoms with E-state index in [0.717, 1.165) is 18.4 Å². The molecule has 4 heteroatoms. The first kappa shape index (κ1) is 10.5. The first-order valence-corrected chi connectivity index (χ1v) is 5.75. The van der Waals surface area contributed by atoms with Gasteiger partial charge in [-0.1, -0.05) is 6.07 Å². The van der Waals surface area contributed by atoms with Crippen LogP contribution in [0.3, 0.4) is 0 Å². The minimum absolute atomic E-state index is 0.0312. The Morgan fingerprint density at radius 1 is 1.41 bits per heavy atom. The van der Waals surface area contributed by atoms with Crippen molar-refractivity contribution < 1.29 is 4.39 Å². The van der Waals surface area contributed by atoms with Crippen molar-refractivity contribution in [1.82, 2.24) is 9.78 Å². The van der Waals surface area contributed by atoms with Crippen LogP contribution in [-0.4, -0.2) is 16.3 Å². The first-order chi connectivity index (χ1) is 8.25. The van der Waals surface area contributed by atoms with E-state index in [1.807, 2.05) is 6.07 Å². The van der Waals surface area contributed by atoms with Gasteiger partial charge in [0.2, 0.25) is 0 Å². The third kappa shape index (κ3) is 1.65. The van der Waals surface area contributed by atoms with Gasteiger partial charge in [-0.15, -0.1) is 0 Å². The summed E-state index contributed by atoms with van der Waals surface area (Å²) in [6, 6.07) is 7.10. The van der Waals surface area contributed by atoms with Crippen LogP contribution >= 0.6 is 0 Å². The van der Waals surface area contributed by atoms with Gasteiger partial charge in [0, 0.05) is 24.4 Å². The van der Waals surface area contributed by atoms with Crippen LogP contribution < -0.4 is 5.73 Å². The van der Waals surface area contributed by atoms with Crippen LogP contribution in [0, 0.1) is 5.82 Å². The topological polar surface area (TPSA) is 43.8 Å². The van der Waals surface area contributed by atoms with Gasteiger partial charge >= 0.3 is 0 Å². The fourth-order valence-electron chi connectivity index (χ4n) is 2.20. The highest BCUT2D eigenvalue weighted by Gasteiger charge is 2.43. The van der Waals surface area contributed by atoms with Gasteiger partial charge in [-0.2, -0.15) is 5.10 Å². The van der Waals surface area contributed by atoms with Gasteiger partial charge in [0.15, 0.2) is 0 Å². The van der Waals surface area contributed by atoms with Gasteiger partial charge in [0.05, 0.1) is 0 Å². The summed E-state index contributed by atoms with van der Waals surface area (Å²) in [4.78, 5) is 0. The maximum Gasteiger partial charge on any atom is 0.149 e. The average molecular weight is 231 g/mol. The molecule has 2 aromatic rings. The summed E-state index contributed by atoms with van der Waals surface area (Å²) in [6.45, 7) is 0.591. The molecule has 3 rings (SSSR count). The van der Waals surface area contributed by atoms with Gasteiger partial charge < -0.3 is 5.73 Å². The van der Waals surface area contributed by atoms with Crippen molar-refractivity contribution in [2.24, 2.45) is 5.73 Å². The lowest BCUT2D eigenvalue weighted by Crippen LogP contribution is -2.20. The fraction of sp³-hybridized carbons (Fsp3) is 0.308. The molecule has 1 aliphatic carbocycles. The van der Waals surface area contributed by atoms with E-state index in [1.54, 1.807) is 30.6 Å². The quantitative estimate of drug-likeness (QED) is 0.878. The van der Waals surface area contributed by atoms with Crippen LogP contribution in [0.25, 0.3) is 5.69 Å². The molecule has 0 radical (unpaired) electrons. The van der Waals surface area contributed by atoms with E-state index in [1.165, 1.54) is 4.68 Å². The first-order valence-electron chi connectivity index (χ1n) is 5.75. The smallest absolute Gasteiger partial charge is 0.149 e. The van der Waals surface area contributed by atoms with E-state index >= 15 is 0 Å². The summed E-state index contributed by atoms with van der Waals surface area (Å²) >= 11 is 0. The van der Waals surface area contributed by atoms with Crippen molar-refractivity contribution in [3.8, 4) is 5.69 Å². The Kier molecular flexibility index (Phi) is 2.26. The molecule has 88 valence electrons. The molecule has 0 saturated heterocycles. The predicted molar refractivity (Wildman–Crippen MR) is 63.5 cm³/mol. The lowest BCUT2D eigenvalue weighted by Gasteiger charge is -2.14. The Hall–Kier alpha value is -1.68. The molecule has 0 aliphatic heterocycles. The Bertz CT molecular complexity index is 530. The lowest BCUT2D eigenvalue weighted by atomic mass is 9.96. The highest BCUT2D eigenvalue weighted by Crippen LogP contribution is 2.47. The van der Waals surface area contributed by atoms with E-state index in [9.17, 15) is 4.39 Å². The van der Waals surface area contributed by atoms with Gasteiger partial charge in [-0.25, -0.2) is 9.07 Å². The van der Waals surface area contributed by atoms with Crippen molar-refractivity contribution in [2.75, 3.05) is 6.54 Å². The molecule has 1 saturated carbocycles. The Morgan fingerprint density at radius 3 is 2.76 bits per heavy atom. The number of nitrogens with zero attached hydrogens (tertiary/aromatic N) is 2. The van der Waals surface area contributed by atoms with E-state index in [-0.39, 0.29) is 11.2 Å². The van der Waals surface area contributed by atoms with Crippen molar-refractivity contribution in [2.45, 2.75) is 18.3 Å². The largest absolute Gasteiger partial charge is 0.330 e. The molecule has 0 unspecified atom stereocenters. The summed E-state index contributed by atoms with van der Waals surface area (Å²) < 4.78 is 15.5. The van der Waals surface area contributed by atoms with E-state index in [4.69, 9.17) is 5.73 Å². The van der Waals surface area contributed by atoms with Crippen molar-refractivity contribution in [1.29, 1.82) is 0 Å². The number of rotatable bonds is 3. The number of nitrogens with two attached hydrogens (primary N) is 1. The Morgan fingerprint density at radius 2 is 2.24 bits per heavy atom. The minimum atomic E-state index is -0.245. The summed E-state index contributed by atoms with van der Waals surface area (Å²) in [6.07, 6.45) is 5.48. The molecular formula is C13H14FN3. The number of halogens is 1. The second-order valence-electron chi connectivity index (χ2n) is 4.60. The zero-order valence-electron chi connectivity index (χ0n) is 9.44. The van der Waals surface area contributed by atoms with Gasteiger partial charge in [0.1, 0.15) is 11.5 Å². The molecule has 1 fully saturated rings. The molecule has 1 aromatic heterocycles. The molecule has 17 heavy (non-hydrogen) atoms. The van der Waals surface area contributed by atoms with E-state index in [0.29, 0.717) is 12.2 Å². The molecule has 3 nitrogen and oxygen atoms in total. The molecule has 1 heterocycles. The van der Waals surface area contributed by atoms with Gasteiger partial charge in [-0.05, 0) is 36.6 Å². The van der Waals surface area contributed by atoms with Crippen LogP contribution in [0.5, 0.6) is 0 Å². The van der Waals surface area contributed by atoms with Crippen LogP contribution in [0.15, 0.2) is 36.7 Å². The Balaban J connectivity index is 2.00. The maximum atomic E-state index is 14.0. The average Bonchev–Trinajstić information content (AvgIpc) is 2.97. The van der Waals surface area contributed by atoms with Crippen LogP contribution in [-0.2, 0) is 5.41 Å². The molecule has 1 aliphatic rings.